The number of aromatic nitrogens is 1. The lowest BCUT2D eigenvalue weighted by Crippen LogP contribution is -2.39. The third kappa shape index (κ3) is 4.58. The molecule has 0 fully saturated rings. The molecule has 1 atom stereocenters. The molecular weight excluding hydrogens is 502 g/mol. The maximum Gasteiger partial charge on any atom is 0.338 e. The lowest BCUT2D eigenvalue weighted by atomic mass is 9.96. The van der Waals surface area contributed by atoms with E-state index in [1.54, 1.807) is 18.4 Å². The van der Waals surface area contributed by atoms with E-state index < -0.39 is 12.0 Å². The van der Waals surface area contributed by atoms with Crippen LogP contribution in [0.1, 0.15) is 31.0 Å². The second kappa shape index (κ2) is 9.49. The van der Waals surface area contributed by atoms with Crippen LogP contribution in [0.3, 0.4) is 0 Å². The normalized spacial score (nSPS) is 15.8. The fraction of sp³-hybridized carbons (Fsp3) is 0.240. The van der Waals surface area contributed by atoms with Crippen LogP contribution in [0.2, 0.25) is 0 Å². The van der Waals surface area contributed by atoms with Crippen molar-refractivity contribution in [2.45, 2.75) is 19.9 Å². The first-order valence-electron chi connectivity index (χ1n) is 10.5. The summed E-state index contributed by atoms with van der Waals surface area (Å²) in [6.07, 6.45) is 1.87. The van der Waals surface area contributed by atoms with Crippen molar-refractivity contribution >= 4 is 45.0 Å². The van der Waals surface area contributed by atoms with E-state index in [-0.39, 0.29) is 12.2 Å². The average molecular weight is 526 g/mol. The second-order valence-corrected chi connectivity index (χ2v) is 9.76. The van der Waals surface area contributed by atoms with E-state index in [2.05, 4.69) is 20.9 Å². The maximum absolute atomic E-state index is 13.6. The number of fused-ring (bicyclic) bond motifs is 1. The van der Waals surface area contributed by atoms with Crippen molar-refractivity contribution in [3.63, 3.8) is 0 Å². The predicted octanol–water partition coefficient (Wildman–Crippen LogP) is 3.63. The molecule has 1 aliphatic rings. The number of hydrogen-bond donors (Lipinski definition) is 0. The zero-order chi connectivity index (χ0) is 23.7. The van der Waals surface area contributed by atoms with Crippen LogP contribution < -0.4 is 19.8 Å². The number of hydrogen-bond acceptors (Lipinski definition) is 6. The highest BCUT2D eigenvalue weighted by molar-refractivity contribution is 9.10. The highest BCUT2D eigenvalue weighted by Crippen LogP contribution is 2.31. The second-order valence-electron chi connectivity index (χ2n) is 7.84. The van der Waals surface area contributed by atoms with Gasteiger partial charge in [-0.1, -0.05) is 51.5 Å². The number of benzene rings is 2. The summed E-state index contributed by atoms with van der Waals surface area (Å²) in [5.74, 6) is -0.458. The number of anilines is 1. The lowest BCUT2D eigenvalue weighted by molar-refractivity contribution is -0.139. The Balaban J connectivity index is 1.90. The van der Waals surface area contributed by atoms with Crippen LogP contribution in [0.15, 0.2) is 74.1 Å². The van der Waals surface area contributed by atoms with Gasteiger partial charge in [0.1, 0.15) is 0 Å². The van der Waals surface area contributed by atoms with Gasteiger partial charge in [0.05, 0.1) is 28.5 Å². The van der Waals surface area contributed by atoms with E-state index in [0.717, 1.165) is 21.3 Å². The van der Waals surface area contributed by atoms with E-state index >= 15 is 0 Å². The van der Waals surface area contributed by atoms with Crippen molar-refractivity contribution in [1.29, 1.82) is 0 Å². The van der Waals surface area contributed by atoms with Crippen LogP contribution >= 0.6 is 27.3 Å². The number of carbonyl (C=O) groups is 1. The van der Waals surface area contributed by atoms with E-state index in [9.17, 15) is 9.59 Å². The molecule has 4 rings (SSSR count). The summed E-state index contributed by atoms with van der Waals surface area (Å²) in [7, 11) is 3.97. The topological polar surface area (TPSA) is 63.9 Å². The first-order valence-corrected chi connectivity index (χ1v) is 12.1. The zero-order valence-corrected chi connectivity index (χ0v) is 21.2. The van der Waals surface area contributed by atoms with Gasteiger partial charge in [-0.05, 0) is 55.3 Å². The molecule has 0 saturated heterocycles. The predicted molar refractivity (Wildman–Crippen MR) is 135 cm³/mol. The van der Waals surface area contributed by atoms with Gasteiger partial charge >= 0.3 is 5.97 Å². The van der Waals surface area contributed by atoms with Crippen LogP contribution in [-0.2, 0) is 9.53 Å². The fourth-order valence-electron chi connectivity index (χ4n) is 3.77. The monoisotopic (exact) mass is 525 g/mol. The summed E-state index contributed by atoms with van der Waals surface area (Å²) in [5.41, 5.74) is 3.58. The zero-order valence-electron chi connectivity index (χ0n) is 18.8. The van der Waals surface area contributed by atoms with Gasteiger partial charge < -0.3 is 9.64 Å². The van der Waals surface area contributed by atoms with Crippen LogP contribution in [0, 0.1) is 0 Å². The van der Waals surface area contributed by atoms with Crippen molar-refractivity contribution in [2.24, 2.45) is 4.99 Å². The summed E-state index contributed by atoms with van der Waals surface area (Å²) >= 11 is 4.78. The maximum atomic E-state index is 13.6. The summed E-state index contributed by atoms with van der Waals surface area (Å²) < 4.78 is 8.41. The number of halogens is 1. The molecule has 0 aliphatic carbocycles. The molecule has 2 heterocycles. The van der Waals surface area contributed by atoms with Crippen LogP contribution in [-0.4, -0.2) is 31.2 Å². The van der Waals surface area contributed by atoms with Gasteiger partial charge in [0.2, 0.25) is 0 Å². The molecule has 0 radical (unpaired) electrons. The van der Waals surface area contributed by atoms with Gasteiger partial charge in [0, 0.05) is 24.3 Å². The third-order valence-electron chi connectivity index (χ3n) is 5.41. The van der Waals surface area contributed by atoms with E-state index in [4.69, 9.17) is 4.74 Å². The molecule has 1 aromatic heterocycles. The molecule has 8 heteroatoms. The Morgan fingerprint density at radius 2 is 1.85 bits per heavy atom. The summed E-state index contributed by atoms with van der Waals surface area (Å²) in [5, 5.41) is 0. The first kappa shape index (κ1) is 23.2. The number of rotatable bonds is 5. The molecule has 0 N–H and O–H groups in total. The van der Waals surface area contributed by atoms with Crippen molar-refractivity contribution < 1.29 is 9.53 Å². The Hall–Kier alpha value is -2.97. The molecule has 6 nitrogen and oxygen atoms in total. The van der Waals surface area contributed by atoms with Crippen LogP contribution in [0.25, 0.3) is 6.08 Å². The van der Waals surface area contributed by atoms with E-state index in [0.29, 0.717) is 20.6 Å². The van der Waals surface area contributed by atoms with Gasteiger partial charge in [-0.3, -0.25) is 9.36 Å². The average Bonchev–Trinajstić information content (AvgIpc) is 3.08. The van der Waals surface area contributed by atoms with Crippen LogP contribution in [0.5, 0.6) is 0 Å². The van der Waals surface area contributed by atoms with Crippen molar-refractivity contribution in [3.8, 4) is 0 Å². The molecule has 3 aromatic rings. The standard InChI is InChI=1S/C25H24BrN3O3S/c1-5-32-24(31)21-15(2)27-25-29(22(21)17-8-10-18(26)11-9-17)23(30)20(33-25)14-16-6-12-19(13-7-16)28(3)4/h6-14,22H,5H2,1-4H3. The fourth-order valence-corrected chi connectivity index (χ4v) is 5.08. The number of nitrogens with zero attached hydrogens (tertiary/aromatic N) is 3. The molecule has 1 unspecified atom stereocenters. The Morgan fingerprint density at radius 1 is 1.18 bits per heavy atom. The van der Waals surface area contributed by atoms with Gasteiger partial charge in [0.15, 0.2) is 4.80 Å². The van der Waals surface area contributed by atoms with Gasteiger partial charge in [-0.15, -0.1) is 0 Å². The summed E-state index contributed by atoms with van der Waals surface area (Å²) in [6, 6.07) is 15.0. The number of ether oxygens (including phenoxy) is 1. The Kier molecular flexibility index (Phi) is 6.67. The van der Waals surface area contributed by atoms with Gasteiger partial charge in [-0.25, -0.2) is 9.79 Å². The number of allylic oxidation sites excluding steroid dienone is 1. The minimum absolute atomic E-state index is 0.183. The van der Waals surface area contributed by atoms with E-state index in [1.807, 2.05) is 73.6 Å². The van der Waals surface area contributed by atoms with Crippen molar-refractivity contribution in [2.75, 3.05) is 25.6 Å². The first-order chi connectivity index (χ1) is 15.8. The van der Waals surface area contributed by atoms with Crippen molar-refractivity contribution in [3.05, 3.63) is 95.1 Å². The smallest absolute Gasteiger partial charge is 0.338 e. The Bertz CT molecular complexity index is 1400. The molecule has 0 spiro atoms. The molecule has 33 heavy (non-hydrogen) atoms. The molecule has 0 bridgehead atoms. The number of esters is 1. The SMILES string of the molecule is CCOC(=O)C1=C(C)N=c2sc(=Cc3ccc(N(C)C)cc3)c(=O)n2C1c1ccc(Br)cc1. The molecule has 0 amide bonds. The number of thiazole rings is 1. The number of carbonyl (C=O) groups excluding carboxylic acids is 1. The largest absolute Gasteiger partial charge is 0.463 e. The highest BCUT2D eigenvalue weighted by Gasteiger charge is 2.33. The molecular formula is C25H24BrN3O3S. The third-order valence-corrected chi connectivity index (χ3v) is 6.92. The Labute approximate surface area is 204 Å². The van der Waals surface area contributed by atoms with E-state index in [1.165, 1.54) is 11.3 Å². The minimum atomic E-state index is -0.605. The molecule has 1 aliphatic heterocycles. The summed E-state index contributed by atoms with van der Waals surface area (Å²) in [4.78, 5) is 33.7. The van der Waals surface area contributed by atoms with Crippen LogP contribution in [0.4, 0.5) is 5.69 Å². The minimum Gasteiger partial charge on any atom is -0.463 e. The molecule has 170 valence electrons. The molecule has 0 saturated carbocycles. The lowest BCUT2D eigenvalue weighted by Gasteiger charge is -2.24. The Morgan fingerprint density at radius 3 is 2.45 bits per heavy atom. The van der Waals surface area contributed by atoms with Gasteiger partial charge in [0.25, 0.3) is 5.56 Å². The summed E-state index contributed by atoms with van der Waals surface area (Å²) in [6.45, 7) is 3.80. The van der Waals surface area contributed by atoms with Crippen molar-refractivity contribution in [1.82, 2.24) is 4.57 Å². The highest BCUT2D eigenvalue weighted by atomic mass is 79.9. The molecule has 2 aromatic carbocycles. The van der Waals surface area contributed by atoms with Gasteiger partial charge in [-0.2, -0.15) is 0 Å². The quantitative estimate of drug-likeness (QED) is 0.477.